The molecule has 23 heavy (non-hydrogen) atoms. The van der Waals surface area contributed by atoms with E-state index in [0.29, 0.717) is 33.1 Å². The molecule has 0 saturated carbocycles. The van der Waals surface area contributed by atoms with Crippen LogP contribution >= 0.6 is 23.2 Å². The predicted octanol–water partition coefficient (Wildman–Crippen LogP) is 4.60. The highest BCUT2D eigenvalue weighted by Crippen LogP contribution is 2.30. The first-order chi connectivity index (χ1) is 11.0. The van der Waals surface area contributed by atoms with Gasteiger partial charge in [0.1, 0.15) is 0 Å². The summed E-state index contributed by atoms with van der Waals surface area (Å²) in [6.07, 6.45) is 0. The molecule has 0 bridgehead atoms. The summed E-state index contributed by atoms with van der Waals surface area (Å²) in [6, 6.07) is 11.8. The first-order valence-electron chi connectivity index (χ1n) is 6.70. The van der Waals surface area contributed by atoms with E-state index in [9.17, 15) is 4.79 Å². The molecule has 3 rings (SSSR count). The number of aromatic nitrogens is 2. The molecule has 0 aliphatic rings. The Morgan fingerprint density at radius 2 is 1.70 bits per heavy atom. The topological polar surface area (TPSA) is 68.0 Å². The lowest BCUT2D eigenvalue weighted by atomic mass is 10.1. The van der Waals surface area contributed by atoms with E-state index in [2.05, 4.69) is 15.5 Å². The molecular formula is C16H11Cl2N3O2. The summed E-state index contributed by atoms with van der Waals surface area (Å²) in [5.41, 5.74) is 1.58. The van der Waals surface area contributed by atoms with Gasteiger partial charge in [-0.2, -0.15) is 0 Å². The van der Waals surface area contributed by atoms with Crippen molar-refractivity contribution in [3.63, 3.8) is 0 Å². The molecule has 1 heterocycles. The van der Waals surface area contributed by atoms with Crippen LogP contribution < -0.4 is 5.32 Å². The van der Waals surface area contributed by atoms with Crippen molar-refractivity contribution in [2.45, 2.75) is 6.92 Å². The van der Waals surface area contributed by atoms with Gasteiger partial charge < -0.3 is 9.73 Å². The van der Waals surface area contributed by atoms with Crippen molar-refractivity contribution in [2.75, 3.05) is 5.32 Å². The van der Waals surface area contributed by atoms with E-state index >= 15 is 0 Å². The molecule has 0 unspecified atom stereocenters. The fraction of sp³-hybridized carbons (Fsp3) is 0.0625. The normalized spacial score (nSPS) is 10.6. The summed E-state index contributed by atoms with van der Waals surface area (Å²) in [6.45, 7) is 1.71. The molecule has 0 spiro atoms. The Kier molecular flexibility index (Phi) is 4.32. The van der Waals surface area contributed by atoms with Gasteiger partial charge >= 0.3 is 0 Å². The summed E-state index contributed by atoms with van der Waals surface area (Å²) >= 11 is 12.1. The predicted molar refractivity (Wildman–Crippen MR) is 88.9 cm³/mol. The van der Waals surface area contributed by atoms with Crippen LogP contribution in [-0.2, 0) is 0 Å². The lowest BCUT2D eigenvalue weighted by Gasteiger charge is -2.09. The van der Waals surface area contributed by atoms with Crippen molar-refractivity contribution in [3.05, 3.63) is 64.0 Å². The Bertz CT molecular complexity index is 840. The van der Waals surface area contributed by atoms with E-state index in [1.54, 1.807) is 49.4 Å². The molecule has 1 aromatic heterocycles. The second kappa shape index (κ2) is 6.40. The van der Waals surface area contributed by atoms with E-state index in [-0.39, 0.29) is 5.91 Å². The Hall–Kier alpha value is -2.37. The zero-order chi connectivity index (χ0) is 16.4. The molecule has 3 aromatic rings. The number of hydrogen-bond acceptors (Lipinski definition) is 4. The fourth-order valence-electron chi connectivity index (χ4n) is 1.98. The van der Waals surface area contributed by atoms with Crippen LogP contribution in [0.25, 0.3) is 11.5 Å². The third-order valence-corrected chi connectivity index (χ3v) is 3.75. The van der Waals surface area contributed by atoms with Crippen LogP contribution in [0, 0.1) is 6.92 Å². The van der Waals surface area contributed by atoms with Gasteiger partial charge in [-0.1, -0.05) is 29.3 Å². The first kappa shape index (κ1) is 15.5. The number of aryl methyl sites for hydroxylation is 1. The molecular weight excluding hydrogens is 337 g/mol. The molecule has 116 valence electrons. The molecule has 2 aromatic carbocycles. The molecule has 7 heteroatoms. The van der Waals surface area contributed by atoms with Crippen molar-refractivity contribution >= 4 is 34.8 Å². The third-order valence-electron chi connectivity index (χ3n) is 3.12. The minimum absolute atomic E-state index is 0.312. The van der Waals surface area contributed by atoms with Gasteiger partial charge in [0.05, 0.1) is 15.7 Å². The molecule has 1 N–H and O–H groups in total. The first-order valence-corrected chi connectivity index (χ1v) is 7.46. The van der Waals surface area contributed by atoms with Gasteiger partial charge in [0.15, 0.2) is 0 Å². The van der Waals surface area contributed by atoms with E-state index in [1.807, 2.05) is 0 Å². The number of nitrogens with zero attached hydrogens (tertiary/aromatic N) is 2. The quantitative estimate of drug-likeness (QED) is 0.751. The highest BCUT2D eigenvalue weighted by molar-refractivity contribution is 6.40. The van der Waals surface area contributed by atoms with Crippen LogP contribution in [0.15, 0.2) is 46.9 Å². The zero-order valence-corrected chi connectivity index (χ0v) is 13.5. The van der Waals surface area contributed by atoms with Crippen LogP contribution in [0.3, 0.4) is 0 Å². The van der Waals surface area contributed by atoms with Crippen molar-refractivity contribution in [2.24, 2.45) is 0 Å². The van der Waals surface area contributed by atoms with Gasteiger partial charge in [-0.3, -0.25) is 4.79 Å². The minimum Gasteiger partial charge on any atom is -0.421 e. The lowest BCUT2D eigenvalue weighted by Crippen LogP contribution is -2.12. The van der Waals surface area contributed by atoms with Crippen molar-refractivity contribution in [3.8, 4) is 11.5 Å². The second-order valence-electron chi connectivity index (χ2n) is 4.75. The second-order valence-corrected chi connectivity index (χ2v) is 5.57. The lowest BCUT2D eigenvalue weighted by molar-refractivity contribution is 0.102. The minimum atomic E-state index is -0.312. The van der Waals surface area contributed by atoms with E-state index < -0.39 is 0 Å². The molecule has 0 aliphatic heterocycles. The van der Waals surface area contributed by atoms with Crippen molar-refractivity contribution in [1.29, 1.82) is 0 Å². The smallest absolute Gasteiger partial charge is 0.255 e. The SMILES string of the molecule is Cc1nnc(-c2ccc(C(=O)Nc3c(Cl)cccc3Cl)cc2)o1. The Morgan fingerprint density at radius 1 is 1.04 bits per heavy atom. The standard InChI is InChI=1S/C16H11Cl2N3O2/c1-9-20-21-16(23-9)11-7-5-10(6-8-11)15(22)19-14-12(17)3-2-4-13(14)18/h2-8H,1H3,(H,19,22). The number of amides is 1. The van der Waals surface area contributed by atoms with Crippen molar-refractivity contribution in [1.82, 2.24) is 10.2 Å². The maximum absolute atomic E-state index is 12.3. The van der Waals surface area contributed by atoms with Gasteiger partial charge in [-0.15, -0.1) is 10.2 Å². The number of anilines is 1. The van der Waals surface area contributed by atoms with Crippen molar-refractivity contribution < 1.29 is 9.21 Å². The summed E-state index contributed by atoms with van der Waals surface area (Å²) in [7, 11) is 0. The molecule has 0 saturated heterocycles. The van der Waals surface area contributed by atoms with Gasteiger partial charge in [0, 0.05) is 18.1 Å². The molecule has 5 nitrogen and oxygen atoms in total. The van der Waals surface area contributed by atoms with Crippen LogP contribution in [0.1, 0.15) is 16.2 Å². The maximum atomic E-state index is 12.3. The number of carbonyl (C=O) groups is 1. The summed E-state index contributed by atoms with van der Waals surface area (Å²) in [5, 5.41) is 11.2. The van der Waals surface area contributed by atoms with Gasteiger partial charge in [0.25, 0.3) is 5.91 Å². The Morgan fingerprint density at radius 3 is 2.26 bits per heavy atom. The zero-order valence-electron chi connectivity index (χ0n) is 12.0. The Labute approximate surface area is 142 Å². The highest BCUT2D eigenvalue weighted by Gasteiger charge is 2.12. The highest BCUT2D eigenvalue weighted by atomic mass is 35.5. The van der Waals surface area contributed by atoms with E-state index in [1.165, 1.54) is 0 Å². The summed E-state index contributed by atoms with van der Waals surface area (Å²) in [5.74, 6) is 0.576. The fourth-order valence-corrected chi connectivity index (χ4v) is 2.47. The number of rotatable bonds is 3. The number of para-hydroxylation sites is 1. The largest absolute Gasteiger partial charge is 0.421 e. The number of nitrogens with one attached hydrogen (secondary N) is 1. The summed E-state index contributed by atoms with van der Waals surface area (Å²) in [4.78, 5) is 12.3. The monoisotopic (exact) mass is 347 g/mol. The van der Waals surface area contributed by atoms with Crippen LogP contribution in [0.2, 0.25) is 10.0 Å². The third kappa shape index (κ3) is 3.36. The van der Waals surface area contributed by atoms with Gasteiger partial charge in [0.2, 0.25) is 11.8 Å². The Balaban J connectivity index is 1.81. The van der Waals surface area contributed by atoms with Gasteiger partial charge in [-0.05, 0) is 36.4 Å². The molecule has 0 aliphatic carbocycles. The maximum Gasteiger partial charge on any atom is 0.255 e. The average molecular weight is 348 g/mol. The number of hydrogen-bond donors (Lipinski definition) is 1. The van der Waals surface area contributed by atoms with Gasteiger partial charge in [-0.25, -0.2) is 0 Å². The summed E-state index contributed by atoms with van der Waals surface area (Å²) < 4.78 is 5.34. The van der Waals surface area contributed by atoms with Crippen LogP contribution in [0.4, 0.5) is 5.69 Å². The molecule has 1 amide bonds. The molecule has 0 atom stereocenters. The molecule has 0 radical (unpaired) electrons. The molecule has 0 fully saturated rings. The average Bonchev–Trinajstić information content (AvgIpc) is 2.97. The number of carbonyl (C=O) groups excluding carboxylic acids is 1. The number of benzene rings is 2. The van der Waals surface area contributed by atoms with Crippen LogP contribution in [-0.4, -0.2) is 16.1 Å². The number of halogens is 2. The van der Waals surface area contributed by atoms with Crippen LogP contribution in [0.5, 0.6) is 0 Å². The van der Waals surface area contributed by atoms with E-state index in [0.717, 1.165) is 5.56 Å². The van der Waals surface area contributed by atoms with E-state index in [4.69, 9.17) is 27.6 Å².